The van der Waals surface area contributed by atoms with Crippen molar-refractivity contribution in [2.24, 2.45) is 5.16 Å². The minimum atomic E-state index is -0.408. The van der Waals surface area contributed by atoms with Gasteiger partial charge < -0.3 is 10.2 Å². The van der Waals surface area contributed by atoms with Crippen LogP contribution >= 0.6 is 0 Å². The number of carbonyl (C=O) groups is 1. The van der Waals surface area contributed by atoms with Crippen molar-refractivity contribution in [3.8, 4) is 0 Å². The molecule has 17 heavy (non-hydrogen) atoms. The molecular weight excluding hydrogens is 216 g/mol. The summed E-state index contributed by atoms with van der Waals surface area (Å²) in [6.45, 7) is 4.32. The maximum absolute atomic E-state index is 11.8. The van der Waals surface area contributed by atoms with E-state index in [0.717, 1.165) is 12.1 Å². The molecule has 1 N–H and O–H groups in total. The molecule has 1 amide bonds. The van der Waals surface area contributed by atoms with Crippen molar-refractivity contribution in [3.05, 3.63) is 35.9 Å². The minimum Gasteiger partial charge on any atom is -0.387 e. The van der Waals surface area contributed by atoms with Gasteiger partial charge in [0.1, 0.15) is 0 Å². The fourth-order valence-corrected chi connectivity index (χ4v) is 1.85. The number of hydrogen-bond acceptors (Lipinski definition) is 3. The van der Waals surface area contributed by atoms with Gasteiger partial charge in [-0.3, -0.25) is 4.79 Å². The average Bonchev–Trinajstić information content (AvgIpc) is 2.68. The van der Waals surface area contributed by atoms with Gasteiger partial charge in [0.05, 0.1) is 12.3 Å². The van der Waals surface area contributed by atoms with Gasteiger partial charge >= 0.3 is 0 Å². The number of amides is 1. The van der Waals surface area contributed by atoms with Gasteiger partial charge in [-0.25, -0.2) is 0 Å². The number of nitrogens with zero attached hydrogens (tertiary/aromatic N) is 1. The molecule has 1 aromatic carbocycles. The van der Waals surface area contributed by atoms with Crippen LogP contribution in [0, 0.1) is 0 Å². The van der Waals surface area contributed by atoms with E-state index in [-0.39, 0.29) is 5.91 Å². The molecule has 4 heteroatoms. The van der Waals surface area contributed by atoms with Gasteiger partial charge in [-0.1, -0.05) is 23.4 Å². The Balaban J connectivity index is 1.89. The lowest BCUT2D eigenvalue weighted by Crippen LogP contribution is -2.40. The first kappa shape index (κ1) is 11.6. The van der Waals surface area contributed by atoms with Crippen LogP contribution in [0.3, 0.4) is 0 Å². The highest BCUT2D eigenvalue weighted by Crippen LogP contribution is 2.22. The predicted octanol–water partition coefficient (Wildman–Crippen LogP) is 1.97. The van der Waals surface area contributed by atoms with E-state index >= 15 is 0 Å². The number of rotatable bonds is 3. The second-order valence-corrected chi connectivity index (χ2v) is 4.59. The number of oxime groups is 1. The molecule has 1 aliphatic heterocycles. The highest BCUT2D eigenvalue weighted by Gasteiger charge is 2.32. The molecule has 90 valence electrons. The second-order valence-electron chi connectivity index (χ2n) is 4.59. The number of benzene rings is 1. The maximum atomic E-state index is 11.8. The summed E-state index contributed by atoms with van der Waals surface area (Å²) in [7, 11) is 0. The molecule has 1 heterocycles. The zero-order valence-electron chi connectivity index (χ0n) is 10.1. The lowest BCUT2D eigenvalue weighted by atomic mass is 10.0. The molecule has 0 unspecified atom stereocenters. The van der Waals surface area contributed by atoms with Crippen LogP contribution in [0.5, 0.6) is 0 Å². The smallest absolute Gasteiger partial charge is 0.251 e. The molecule has 0 aliphatic carbocycles. The first-order valence-electron chi connectivity index (χ1n) is 5.64. The third kappa shape index (κ3) is 2.84. The molecule has 0 saturated carbocycles. The molecule has 1 aliphatic rings. The highest BCUT2D eigenvalue weighted by molar-refractivity contribution is 5.94. The third-order valence-electron chi connectivity index (χ3n) is 2.71. The van der Waals surface area contributed by atoms with Crippen molar-refractivity contribution in [2.75, 3.05) is 6.54 Å². The molecular formula is C13H16N2O2. The Hall–Kier alpha value is -1.84. The van der Waals surface area contributed by atoms with Crippen molar-refractivity contribution < 1.29 is 9.63 Å². The van der Waals surface area contributed by atoms with Crippen LogP contribution in [0.25, 0.3) is 0 Å². The summed E-state index contributed by atoms with van der Waals surface area (Å²) in [6.07, 6.45) is 0.752. The summed E-state index contributed by atoms with van der Waals surface area (Å²) in [6, 6.07) is 9.14. The molecule has 4 nitrogen and oxygen atoms in total. The number of hydrogen-bond donors (Lipinski definition) is 1. The summed E-state index contributed by atoms with van der Waals surface area (Å²) in [5, 5.41) is 6.77. The van der Waals surface area contributed by atoms with Gasteiger partial charge in [0, 0.05) is 12.0 Å². The molecule has 0 saturated heterocycles. The van der Waals surface area contributed by atoms with Crippen LogP contribution in [-0.2, 0) is 4.84 Å². The summed E-state index contributed by atoms with van der Waals surface area (Å²) in [4.78, 5) is 17.1. The van der Waals surface area contributed by atoms with Gasteiger partial charge in [-0.15, -0.1) is 0 Å². The van der Waals surface area contributed by atoms with Crippen LogP contribution in [0.1, 0.15) is 30.6 Å². The van der Waals surface area contributed by atoms with Crippen molar-refractivity contribution >= 4 is 11.6 Å². The molecule has 0 fully saturated rings. The average molecular weight is 232 g/mol. The predicted molar refractivity (Wildman–Crippen MR) is 66.0 cm³/mol. The molecule has 1 atom stereocenters. The maximum Gasteiger partial charge on any atom is 0.251 e. The van der Waals surface area contributed by atoms with E-state index in [1.165, 1.54) is 0 Å². The molecule has 0 aromatic heterocycles. The van der Waals surface area contributed by atoms with Crippen molar-refractivity contribution in [1.29, 1.82) is 0 Å². The highest BCUT2D eigenvalue weighted by atomic mass is 16.7. The quantitative estimate of drug-likeness (QED) is 0.866. The summed E-state index contributed by atoms with van der Waals surface area (Å²) < 4.78 is 0. The fourth-order valence-electron chi connectivity index (χ4n) is 1.85. The van der Waals surface area contributed by atoms with E-state index in [4.69, 9.17) is 4.84 Å². The van der Waals surface area contributed by atoms with Crippen LogP contribution in [0.4, 0.5) is 0 Å². The molecule has 0 spiro atoms. The Morgan fingerprint density at radius 1 is 1.47 bits per heavy atom. The van der Waals surface area contributed by atoms with E-state index < -0.39 is 5.60 Å². The SMILES string of the molecule is CC1=NO[C@](C)(CNC(=O)c2ccccc2)C1. The normalized spacial score (nSPS) is 22.8. The zero-order valence-corrected chi connectivity index (χ0v) is 10.1. The largest absolute Gasteiger partial charge is 0.387 e. The standard InChI is InChI=1S/C13H16N2O2/c1-10-8-13(2,17-15-10)9-14-12(16)11-6-4-3-5-7-11/h3-7H,8-9H2,1-2H3,(H,14,16)/t13-/m0/s1. The van der Waals surface area contributed by atoms with E-state index in [0.29, 0.717) is 12.1 Å². The van der Waals surface area contributed by atoms with Crippen molar-refractivity contribution in [2.45, 2.75) is 25.9 Å². The van der Waals surface area contributed by atoms with Crippen LogP contribution in [0.2, 0.25) is 0 Å². The Morgan fingerprint density at radius 3 is 2.76 bits per heavy atom. The lowest BCUT2D eigenvalue weighted by Gasteiger charge is -2.21. The molecule has 2 rings (SSSR count). The second kappa shape index (κ2) is 4.57. The first-order valence-corrected chi connectivity index (χ1v) is 5.64. The van der Waals surface area contributed by atoms with E-state index in [9.17, 15) is 4.79 Å². The molecule has 0 bridgehead atoms. The Kier molecular flexibility index (Phi) is 3.13. The van der Waals surface area contributed by atoms with Gasteiger partial charge in [0.2, 0.25) is 0 Å². The van der Waals surface area contributed by atoms with E-state index in [2.05, 4.69) is 10.5 Å². The number of nitrogens with one attached hydrogen (secondary N) is 1. The van der Waals surface area contributed by atoms with E-state index in [1.807, 2.05) is 32.0 Å². The summed E-state index contributed by atoms with van der Waals surface area (Å²) in [5.74, 6) is -0.0834. The Labute approximate surface area is 101 Å². The monoisotopic (exact) mass is 232 g/mol. The van der Waals surface area contributed by atoms with Crippen molar-refractivity contribution in [1.82, 2.24) is 5.32 Å². The fraction of sp³-hybridized carbons (Fsp3) is 0.385. The minimum absolute atomic E-state index is 0.0834. The topological polar surface area (TPSA) is 50.7 Å². The lowest BCUT2D eigenvalue weighted by molar-refractivity contribution is -0.00181. The zero-order chi connectivity index (χ0) is 12.3. The van der Waals surface area contributed by atoms with Crippen LogP contribution in [-0.4, -0.2) is 23.8 Å². The van der Waals surface area contributed by atoms with Crippen LogP contribution in [0.15, 0.2) is 35.5 Å². The Bertz CT molecular complexity index is 442. The van der Waals surface area contributed by atoms with Gasteiger partial charge in [-0.2, -0.15) is 0 Å². The number of carbonyl (C=O) groups excluding carboxylic acids is 1. The van der Waals surface area contributed by atoms with Gasteiger partial charge in [0.25, 0.3) is 5.91 Å². The Morgan fingerprint density at radius 2 is 2.18 bits per heavy atom. The molecule has 1 aromatic rings. The third-order valence-corrected chi connectivity index (χ3v) is 2.71. The van der Waals surface area contributed by atoms with E-state index in [1.54, 1.807) is 12.1 Å². The van der Waals surface area contributed by atoms with Crippen LogP contribution < -0.4 is 5.32 Å². The molecule has 0 radical (unpaired) electrons. The first-order chi connectivity index (χ1) is 8.09. The van der Waals surface area contributed by atoms with Gasteiger partial charge in [0.15, 0.2) is 5.60 Å². The summed E-state index contributed by atoms with van der Waals surface area (Å²) >= 11 is 0. The van der Waals surface area contributed by atoms with Crippen molar-refractivity contribution in [3.63, 3.8) is 0 Å². The summed E-state index contributed by atoms with van der Waals surface area (Å²) in [5.41, 5.74) is 1.21. The van der Waals surface area contributed by atoms with Gasteiger partial charge in [-0.05, 0) is 26.0 Å².